The van der Waals surface area contributed by atoms with Crippen molar-refractivity contribution in [3.63, 3.8) is 0 Å². The van der Waals surface area contributed by atoms with Gasteiger partial charge in [0.15, 0.2) is 0 Å². The zero-order chi connectivity index (χ0) is 12.7. The molecule has 0 spiro atoms. The number of hydrogen-bond acceptors (Lipinski definition) is 3. The maximum absolute atomic E-state index is 11.0. The van der Waals surface area contributed by atoms with Gasteiger partial charge in [-0.25, -0.2) is 4.79 Å². The summed E-state index contributed by atoms with van der Waals surface area (Å²) in [6.45, 7) is 5.88. The molecule has 5 heteroatoms. The lowest BCUT2D eigenvalue weighted by Crippen LogP contribution is -1.92. The van der Waals surface area contributed by atoms with Gasteiger partial charge in [-0.1, -0.05) is 0 Å². The predicted molar refractivity (Wildman–Crippen MR) is 67.7 cm³/mol. The average molecular weight is 250 g/mol. The molecule has 0 fully saturated rings. The second-order valence-electron chi connectivity index (χ2n) is 4.10. The first kappa shape index (κ1) is 11.9. The summed E-state index contributed by atoms with van der Waals surface area (Å²) in [4.78, 5) is 12.3. The van der Waals surface area contributed by atoms with E-state index in [-0.39, 0.29) is 0 Å². The van der Waals surface area contributed by atoms with Crippen LogP contribution in [0.3, 0.4) is 0 Å². The van der Waals surface area contributed by atoms with Crippen molar-refractivity contribution in [1.82, 2.24) is 9.78 Å². The summed E-state index contributed by atoms with van der Waals surface area (Å²) < 4.78 is 1.82. The van der Waals surface area contributed by atoms with E-state index in [9.17, 15) is 4.79 Å². The summed E-state index contributed by atoms with van der Waals surface area (Å²) in [6.07, 6.45) is 0. The number of nitrogens with zero attached hydrogens (tertiary/aromatic N) is 2. The van der Waals surface area contributed by atoms with E-state index in [0.717, 1.165) is 27.4 Å². The number of hydrogen-bond donors (Lipinski definition) is 1. The van der Waals surface area contributed by atoms with Gasteiger partial charge in [-0.05, 0) is 32.4 Å². The molecule has 0 atom stereocenters. The van der Waals surface area contributed by atoms with Crippen LogP contribution in [-0.2, 0) is 7.05 Å². The van der Waals surface area contributed by atoms with Gasteiger partial charge < -0.3 is 5.11 Å². The van der Waals surface area contributed by atoms with E-state index in [4.69, 9.17) is 5.11 Å². The minimum atomic E-state index is -0.872. The van der Waals surface area contributed by atoms with E-state index >= 15 is 0 Å². The Morgan fingerprint density at radius 1 is 1.41 bits per heavy atom. The second kappa shape index (κ2) is 4.00. The first-order chi connectivity index (χ1) is 7.91. The highest BCUT2D eigenvalue weighted by atomic mass is 32.1. The summed E-state index contributed by atoms with van der Waals surface area (Å²) in [5.41, 5.74) is 4.05. The van der Waals surface area contributed by atoms with Crippen molar-refractivity contribution >= 4 is 17.3 Å². The fourth-order valence-electron chi connectivity index (χ4n) is 1.94. The molecule has 0 amide bonds. The van der Waals surface area contributed by atoms with Gasteiger partial charge in [0.25, 0.3) is 0 Å². The van der Waals surface area contributed by atoms with Crippen molar-refractivity contribution in [2.75, 3.05) is 0 Å². The summed E-state index contributed by atoms with van der Waals surface area (Å²) in [5.74, 6) is -0.872. The van der Waals surface area contributed by atoms with Gasteiger partial charge in [0.2, 0.25) is 0 Å². The van der Waals surface area contributed by atoms with Crippen LogP contribution < -0.4 is 0 Å². The molecule has 0 aliphatic heterocycles. The highest BCUT2D eigenvalue weighted by molar-refractivity contribution is 7.17. The van der Waals surface area contributed by atoms with E-state index in [1.807, 2.05) is 32.5 Å². The Hall–Kier alpha value is -1.62. The average Bonchev–Trinajstić information content (AvgIpc) is 2.70. The van der Waals surface area contributed by atoms with Gasteiger partial charge in [-0.2, -0.15) is 5.10 Å². The lowest BCUT2D eigenvalue weighted by Gasteiger charge is -2.00. The highest BCUT2D eigenvalue weighted by Gasteiger charge is 2.18. The topological polar surface area (TPSA) is 55.1 Å². The minimum Gasteiger partial charge on any atom is -0.477 e. The molecular formula is C12H14N2O2S. The van der Waals surface area contributed by atoms with Crippen LogP contribution >= 0.6 is 11.3 Å². The molecule has 0 unspecified atom stereocenters. The van der Waals surface area contributed by atoms with Crippen LogP contribution in [0, 0.1) is 20.8 Å². The van der Waals surface area contributed by atoms with Gasteiger partial charge in [-0.15, -0.1) is 11.3 Å². The molecule has 0 aromatic carbocycles. The molecule has 2 aromatic rings. The monoisotopic (exact) mass is 250 g/mol. The van der Waals surface area contributed by atoms with E-state index in [0.29, 0.717) is 4.88 Å². The molecule has 0 radical (unpaired) electrons. The van der Waals surface area contributed by atoms with E-state index in [1.54, 1.807) is 6.07 Å². The fourth-order valence-corrected chi connectivity index (χ4v) is 3.10. The Kier molecular flexibility index (Phi) is 2.79. The number of aromatic carboxylic acids is 1. The SMILES string of the molecule is Cc1cc(C(=O)O)sc1-c1c(C)nn(C)c1C. The van der Waals surface area contributed by atoms with E-state index < -0.39 is 5.97 Å². The number of carboxylic acid groups (broad SMARTS) is 1. The maximum atomic E-state index is 11.0. The zero-order valence-electron chi connectivity index (χ0n) is 10.2. The second-order valence-corrected chi connectivity index (χ2v) is 5.15. The number of carboxylic acids is 1. The summed E-state index contributed by atoms with van der Waals surface area (Å²) >= 11 is 1.31. The number of thiophene rings is 1. The van der Waals surface area contributed by atoms with Crippen molar-refractivity contribution in [3.05, 3.63) is 27.9 Å². The molecule has 1 N–H and O–H groups in total. The Morgan fingerprint density at radius 2 is 2.06 bits per heavy atom. The molecule has 4 nitrogen and oxygen atoms in total. The van der Waals surface area contributed by atoms with Gasteiger partial charge in [0.1, 0.15) is 4.88 Å². The third-order valence-corrected chi connectivity index (χ3v) is 4.11. The van der Waals surface area contributed by atoms with Crippen molar-refractivity contribution in [3.8, 4) is 10.4 Å². The maximum Gasteiger partial charge on any atom is 0.345 e. The van der Waals surface area contributed by atoms with E-state index in [1.165, 1.54) is 11.3 Å². The Labute approximate surface area is 104 Å². The normalized spacial score (nSPS) is 10.8. The van der Waals surface area contributed by atoms with Gasteiger partial charge in [0.05, 0.1) is 5.69 Å². The minimum absolute atomic E-state index is 0.375. The quantitative estimate of drug-likeness (QED) is 0.891. The van der Waals surface area contributed by atoms with Crippen LogP contribution in [0.4, 0.5) is 0 Å². The predicted octanol–water partition coefficient (Wildman–Crippen LogP) is 2.77. The van der Waals surface area contributed by atoms with Crippen LogP contribution in [0.25, 0.3) is 10.4 Å². The number of carbonyl (C=O) groups is 1. The summed E-state index contributed by atoms with van der Waals surface area (Å²) in [5, 5.41) is 13.4. The van der Waals surface area contributed by atoms with Crippen molar-refractivity contribution in [2.24, 2.45) is 7.05 Å². The fraction of sp³-hybridized carbons (Fsp3) is 0.333. The molecule has 2 rings (SSSR count). The largest absolute Gasteiger partial charge is 0.477 e. The first-order valence-corrected chi connectivity index (χ1v) is 6.07. The van der Waals surface area contributed by atoms with Crippen molar-refractivity contribution in [2.45, 2.75) is 20.8 Å². The van der Waals surface area contributed by atoms with Crippen molar-refractivity contribution < 1.29 is 9.90 Å². The molecule has 0 saturated heterocycles. The Balaban J connectivity index is 2.64. The highest BCUT2D eigenvalue weighted by Crippen LogP contribution is 2.36. The molecule has 90 valence electrons. The molecule has 0 aliphatic rings. The van der Waals surface area contributed by atoms with Crippen LogP contribution in [0.5, 0.6) is 0 Å². The first-order valence-electron chi connectivity index (χ1n) is 5.26. The molecule has 2 heterocycles. The Morgan fingerprint density at radius 3 is 2.47 bits per heavy atom. The molecule has 0 aliphatic carbocycles. The van der Waals surface area contributed by atoms with Crippen LogP contribution in [0.15, 0.2) is 6.07 Å². The third-order valence-electron chi connectivity index (χ3n) is 2.86. The van der Waals surface area contributed by atoms with Gasteiger partial charge in [-0.3, -0.25) is 4.68 Å². The van der Waals surface area contributed by atoms with E-state index in [2.05, 4.69) is 5.10 Å². The van der Waals surface area contributed by atoms with Gasteiger partial charge >= 0.3 is 5.97 Å². The molecule has 17 heavy (non-hydrogen) atoms. The summed E-state index contributed by atoms with van der Waals surface area (Å²) in [6, 6.07) is 1.72. The molecule has 0 saturated carbocycles. The molecular weight excluding hydrogens is 236 g/mol. The summed E-state index contributed by atoms with van der Waals surface area (Å²) in [7, 11) is 1.90. The van der Waals surface area contributed by atoms with Crippen LogP contribution in [0.2, 0.25) is 0 Å². The van der Waals surface area contributed by atoms with Gasteiger partial charge in [0, 0.05) is 23.2 Å². The number of rotatable bonds is 2. The zero-order valence-corrected chi connectivity index (χ0v) is 11.1. The Bertz CT molecular complexity index is 596. The third kappa shape index (κ3) is 1.86. The molecule has 0 bridgehead atoms. The lowest BCUT2D eigenvalue weighted by atomic mass is 10.1. The van der Waals surface area contributed by atoms with Crippen LogP contribution in [-0.4, -0.2) is 20.9 Å². The standard InChI is InChI=1S/C12H14N2O2S/c1-6-5-9(12(15)16)17-11(6)10-7(2)13-14(4)8(10)3/h5H,1-4H3,(H,15,16). The van der Waals surface area contributed by atoms with Crippen molar-refractivity contribution in [1.29, 1.82) is 0 Å². The number of aryl methyl sites for hydroxylation is 3. The smallest absolute Gasteiger partial charge is 0.345 e. The number of aromatic nitrogens is 2. The lowest BCUT2D eigenvalue weighted by molar-refractivity contribution is 0.0702. The van der Waals surface area contributed by atoms with Crippen LogP contribution in [0.1, 0.15) is 26.6 Å². The molecule has 2 aromatic heterocycles.